The fraction of sp³-hybridized carbons (Fsp3) is 0.222. The molecule has 11 heteroatoms. The number of carbonyl (C=O) groups is 2. The average Bonchev–Trinajstić information content (AvgIpc) is 2.89. The first-order chi connectivity index (χ1) is 18.3. The third-order valence-corrected chi connectivity index (χ3v) is 5.94. The highest BCUT2D eigenvalue weighted by atomic mass is 16.7. The van der Waals surface area contributed by atoms with Gasteiger partial charge in [0.1, 0.15) is 16.9 Å². The Balaban J connectivity index is 1.94. The highest BCUT2D eigenvalue weighted by Crippen LogP contribution is 2.29. The second-order valence-corrected chi connectivity index (χ2v) is 8.60. The third-order valence-electron chi connectivity index (χ3n) is 5.94. The van der Waals surface area contributed by atoms with Gasteiger partial charge in [-0.15, -0.1) is 0 Å². The fourth-order valence-corrected chi connectivity index (χ4v) is 4.16. The zero-order valence-corrected chi connectivity index (χ0v) is 20.6. The van der Waals surface area contributed by atoms with Crippen molar-refractivity contribution in [2.45, 2.75) is 31.3 Å². The molecule has 0 heterocycles. The standard InChI is InChI=1S/C27H30N6O5/c28-25(35)23(12-7-17-30-27(29)31-33(37)38)32(18-19-13-15-22(34)16-14-19)26(36)24(20-8-3-1-4-9-20)21-10-5-2-6-11-21/h1-6,8-11,13-16,23-24,34H,7,12,17-18H2,(H2,28,35)(H3,29,30,31)/t23-/m1/s1. The first-order valence-electron chi connectivity index (χ1n) is 12.0. The van der Waals surface area contributed by atoms with E-state index in [9.17, 15) is 24.8 Å². The van der Waals surface area contributed by atoms with Crippen molar-refractivity contribution in [3.63, 3.8) is 0 Å². The summed E-state index contributed by atoms with van der Waals surface area (Å²) in [6.45, 7) is 0.246. The molecule has 0 bridgehead atoms. The van der Waals surface area contributed by atoms with E-state index in [1.54, 1.807) is 12.1 Å². The molecule has 0 saturated carbocycles. The van der Waals surface area contributed by atoms with Crippen LogP contribution in [0.5, 0.6) is 5.75 Å². The van der Waals surface area contributed by atoms with E-state index >= 15 is 0 Å². The first kappa shape index (κ1) is 27.7. The van der Waals surface area contributed by atoms with Crippen molar-refractivity contribution < 1.29 is 19.7 Å². The highest BCUT2D eigenvalue weighted by Gasteiger charge is 2.34. The summed E-state index contributed by atoms with van der Waals surface area (Å²) in [5.41, 5.74) is 13.5. The number of hydrogen-bond acceptors (Lipinski definition) is 5. The summed E-state index contributed by atoms with van der Waals surface area (Å²) >= 11 is 0. The Kier molecular flexibility index (Phi) is 9.75. The number of phenols is 1. The Bertz CT molecular complexity index is 1210. The molecule has 0 aliphatic heterocycles. The van der Waals surface area contributed by atoms with Gasteiger partial charge in [0, 0.05) is 13.1 Å². The molecular formula is C27H30N6O5. The molecule has 198 valence electrons. The van der Waals surface area contributed by atoms with Gasteiger partial charge >= 0.3 is 0 Å². The summed E-state index contributed by atoms with van der Waals surface area (Å²) in [5, 5.41) is 24.8. The van der Waals surface area contributed by atoms with Crippen molar-refractivity contribution in [3.8, 4) is 5.75 Å². The Morgan fingerprint density at radius 1 is 0.947 bits per heavy atom. The van der Waals surface area contributed by atoms with Gasteiger partial charge in [0.2, 0.25) is 11.8 Å². The van der Waals surface area contributed by atoms with Gasteiger partial charge in [-0.2, -0.15) is 0 Å². The number of nitrogens with zero attached hydrogens (tertiary/aromatic N) is 3. The largest absolute Gasteiger partial charge is 0.508 e. The third kappa shape index (κ3) is 7.79. The molecule has 3 aromatic carbocycles. The van der Waals surface area contributed by atoms with Gasteiger partial charge in [-0.3, -0.25) is 9.59 Å². The Hall–Kier alpha value is -4.93. The van der Waals surface area contributed by atoms with E-state index in [1.165, 1.54) is 17.0 Å². The van der Waals surface area contributed by atoms with Gasteiger partial charge in [-0.25, -0.2) is 10.1 Å². The van der Waals surface area contributed by atoms with Crippen LogP contribution in [0.2, 0.25) is 0 Å². The second kappa shape index (κ2) is 13.4. The van der Waals surface area contributed by atoms with Gasteiger partial charge in [0.05, 0.1) is 5.92 Å². The molecule has 0 aliphatic carbocycles. The van der Waals surface area contributed by atoms with Crippen LogP contribution in [0, 0.1) is 10.1 Å². The fourth-order valence-electron chi connectivity index (χ4n) is 4.16. The van der Waals surface area contributed by atoms with Crippen LogP contribution < -0.4 is 16.8 Å². The lowest BCUT2D eigenvalue weighted by atomic mass is 9.89. The average molecular weight is 519 g/mol. The molecule has 0 fully saturated rings. The van der Waals surface area contributed by atoms with E-state index < -0.39 is 22.9 Å². The van der Waals surface area contributed by atoms with Gasteiger partial charge in [0.15, 0.2) is 5.03 Å². The minimum absolute atomic E-state index is 0.0707. The van der Waals surface area contributed by atoms with Crippen LogP contribution in [0.25, 0.3) is 0 Å². The molecule has 0 radical (unpaired) electrons. The van der Waals surface area contributed by atoms with E-state index in [4.69, 9.17) is 11.5 Å². The van der Waals surface area contributed by atoms with Crippen molar-refractivity contribution >= 4 is 17.8 Å². The van der Waals surface area contributed by atoms with Crippen LogP contribution in [-0.4, -0.2) is 45.4 Å². The Morgan fingerprint density at radius 3 is 2.00 bits per heavy atom. The molecule has 6 N–H and O–H groups in total. The van der Waals surface area contributed by atoms with Crippen molar-refractivity contribution in [1.82, 2.24) is 10.2 Å². The van der Waals surface area contributed by atoms with Gasteiger partial charge in [-0.1, -0.05) is 72.8 Å². The lowest BCUT2D eigenvalue weighted by molar-refractivity contribution is -0.485. The number of benzene rings is 3. The Labute approximate surface area is 219 Å². The molecule has 0 spiro atoms. The second-order valence-electron chi connectivity index (χ2n) is 8.60. The van der Waals surface area contributed by atoms with E-state index in [-0.39, 0.29) is 37.1 Å². The number of aromatic hydroxyl groups is 1. The number of rotatable bonds is 12. The maximum absolute atomic E-state index is 14.3. The van der Waals surface area contributed by atoms with Gasteiger partial charge in [-0.05, 0) is 41.7 Å². The topological polar surface area (TPSA) is 177 Å². The minimum Gasteiger partial charge on any atom is -0.508 e. The summed E-state index contributed by atoms with van der Waals surface area (Å²) in [5.74, 6) is -2.00. The van der Waals surface area contributed by atoms with E-state index in [0.717, 1.165) is 11.1 Å². The number of nitro groups is 1. The van der Waals surface area contributed by atoms with Crippen LogP contribution >= 0.6 is 0 Å². The summed E-state index contributed by atoms with van der Waals surface area (Å²) in [6, 6.07) is 23.9. The lowest BCUT2D eigenvalue weighted by Crippen LogP contribution is -2.49. The number of nitrogens with one attached hydrogen (secondary N) is 1. The normalized spacial score (nSPS) is 12.1. The van der Waals surface area contributed by atoms with Crippen molar-refractivity contribution in [2.24, 2.45) is 16.6 Å². The lowest BCUT2D eigenvalue weighted by Gasteiger charge is -2.33. The molecule has 0 aliphatic rings. The van der Waals surface area contributed by atoms with Crippen LogP contribution in [0.3, 0.4) is 0 Å². The summed E-state index contributed by atoms with van der Waals surface area (Å²) in [4.78, 5) is 38.9. The molecule has 1 atom stereocenters. The van der Waals surface area contributed by atoms with Crippen LogP contribution in [0.15, 0.2) is 90.0 Å². The number of nitrogens with two attached hydrogens (primary N) is 2. The highest BCUT2D eigenvalue weighted by molar-refractivity contribution is 5.92. The summed E-state index contributed by atoms with van der Waals surface area (Å²) in [6.07, 6.45) is 0.496. The molecule has 0 aromatic heterocycles. The maximum atomic E-state index is 14.3. The molecule has 2 amide bonds. The van der Waals surface area contributed by atoms with E-state index in [0.29, 0.717) is 12.0 Å². The zero-order chi connectivity index (χ0) is 27.5. The zero-order valence-electron chi connectivity index (χ0n) is 20.6. The molecule has 0 unspecified atom stereocenters. The first-order valence-corrected chi connectivity index (χ1v) is 12.0. The van der Waals surface area contributed by atoms with Crippen LogP contribution in [0.4, 0.5) is 0 Å². The number of primary amides is 1. The Morgan fingerprint density at radius 2 is 1.50 bits per heavy atom. The number of hydrogen-bond donors (Lipinski definition) is 4. The molecule has 0 saturated heterocycles. The molecule has 3 rings (SSSR count). The summed E-state index contributed by atoms with van der Waals surface area (Å²) < 4.78 is 0. The monoisotopic (exact) mass is 518 g/mol. The van der Waals surface area contributed by atoms with Crippen molar-refractivity contribution in [1.29, 1.82) is 0 Å². The number of hydrazone groups is 1. The minimum atomic E-state index is -0.985. The smallest absolute Gasteiger partial charge is 0.266 e. The molecule has 11 nitrogen and oxygen atoms in total. The van der Waals surface area contributed by atoms with Gasteiger partial charge < -0.3 is 26.8 Å². The number of amides is 2. The maximum Gasteiger partial charge on any atom is 0.266 e. The molecule has 3 aromatic rings. The summed E-state index contributed by atoms with van der Waals surface area (Å²) in [7, 11) is 0. The van der Waals surface area contributed by atoms with Crippen LogP contribution in [0.1, 0.15) is 35.4 Å². The van der Waals surface area contributed by atoms with Gasteiger partial charge in [0.25, 0.3) is 5.96 Å². The van der Waals surface area contributed by atoms with Crippen molar-refractivity contribution in [3.05, 3.63) is 112 Å². The predicted molar refractivity (Wildman–Crippen MR) is 142 cm³/mol. The van der Waals surface area contributed by atoms with E-state index in [2.05, 4.69) is 10.4 Å². The van der Waals surface area contributed by atoms with E-state index in [1.807, 2.05) is 60.7 Å². The van der Waals surface area contributed by atoms with Crippen LogP contribution in [-0.2, 0) is 16.1 Å². The predicted octanol–water partition coefficient (Wildman–Crippen LogP) is 2.28. The molecular weight excluding hydrogens is 488 g/mol. The SMILES string of the molecule is NC(=O)[C@@H](CCCNC(N)=N[N+](=O)[O-])N(Cc1ccc(O)cc1)C(=O)C(c1ccccc1)c1ccccc1. The number of guanidine groups is 1. The number of phenolic OH excluding ortho intramolecular Hbond substituents is 1. The molecule has 38 heavy (non-hydrogen) atoms. The quantitative estimate of drug-likeness (QED) is 0.0934. The van der Waals surface area contributed by atoms with Crippen molar-refractivity contribution in [2.75, 3.05) is 6.54 Å². The number of carbonyl (C=O) groups excluding carboxylic acids is 2.